The summed E-state index contributed by atoms with van der Waals surface area (Å²) in [6.45, 7) is 5.23. The van der Waals surface area contributed by atoms with Gasteiger partial charge in [-0.1, -0.05) is 32.4 Å². The van der Waals surface area contributed by atoms with Crippen LogP contribution in [0.5, 0.6) is 0 Å². The van der Waals surface area contributed by atoms with Crippen LogP contribution in [0.1, 0.15) is 71.6 Å². The van der Waals surface area contributed by atoms with Gasteiger partial charge in [-0.3, -0.25) is 0 Å². The van der Waals surface area contributed by atoms with Crippen molar-refractivity contribution in [3.05, 3.63) is 12.2 Å². The minimum Gasteiger partial charge on any atom is -0.0880 e. The number of hydrogen-bond acceptors (Lipinski definition) is 0. The van der Waals surface area contributed by atoms with Crippen LogP contribution in [0.2, 0.25) is 0 Å². The first-order valence-corrected chi connectivity index (χ1v) is 8.81. The first kappa shape index (κ1) is 12.5. The zero-order valence-electron chi connectivity index (χ0n) is 12.8. The van der Waals surface area contributed by atoms with Crippen LogP contribution in [-0.2, 0) is 0 Å². The number of fused-ring (bicyclic) bond motifs is 5. The summed E-state index contributed by atoms with van der Waals surface area (Å²) in [5, 5.41) is 0. The lowest BCUT2D eigenvalue weighted by molar-refractivity contribution is -0.0679. The predicted molar refractivity (Wildman–Crippen MR) is 80.9 cm³/mol. The highest BCUT2D eigenvalue weighted by Gasteiger charge is 2.56. The van der Waals surface area contributed by atoms with Crippen molar-refractivity contribution in [2.24, 2.45) is 34.5 Å². The molecule has 0 radical (unpaired) electrons. The predicted octanol–water partition coefficient (Wildman–Crippen LogP) is 5.59. The van der Waals surface area contributed by atoms with Crippen LogP contribution >= 0.6 is 0 Å². The molecule has 106 valence electrons. The molecule has 0 aromatic carbocycles. The molecule has 0 amide bonds. The van der Waals surface area contributed by atoms with Crippen molar-refractivity contribution in [3.8, 4) is 0 Å². The van der Waals surface area contributed by atoms with E-state index >= 15 is 0 Å². The summed E-state index contributed by atoms with van der Waals surface area (Å²) < 4.78 is 0. The second-order valence-electron chi connectivity index (χ2n) is 8.58. The van der Waals surface area contributed by atoms with E-state index in [-0.39, 0.29) is 0 Å². The second-order valence-corrected chi connectivity index (χ2v) is 8.58. The second kappa shape index (κ2) is 4.12. The molecular formula is C19H30. The maximum atomic E-state index is 2.65. The van der Waals surface area contributed by atoms with E-state index in [4.69, 9.17) is 0 Å². The van der Waals surface area contributed by atoms with Gasteiger partial charge in [-0.25, -0.2) is 0 Å². The summed E-state index contributed by atoms with van der Waals surface area (Å²) in [5.74, 6) is 4.15. The molecule has 4 rings (SSSR count). The van der Waals surface area contributed by atoms with Gasteiger partial charge in [-0.05, 0) is 85.9 Å². The summed E-state index contributed by atoms with van der Waals surface area (Å²) in [4.78, 5) is 0. The molecule has 0 saturated heterocycles. The Morgan fingerprint density at radius 3 is 2.68 bits per heavy atom. The Hall–Kier alpha value is -0.260. The molecule has 0 heterocycles. The fourth-order valence-corrected chi connectivity index (χ4v) is 6.81. The molecule has 0 nitrogen and oxygen atoms in total. The smallest absolute Gasteiger partial charge is 0.00872 e. The van der Waals surface area contributed by atoms with E-state index in [0.29, 0.717) is 5.41 Å². The van der Waals surface area contributed by atoms with Crippen LogP contribution < -0.4 is 0 Å². The summed E-state index contributed by atoms with van der Waals surface area (Å²) in [5.41, 5.74) is 1.29. The Bertz CT molecular complexity index is 395. The lowest BCUT2D eigenvalue weighted by Crippen LogP contribution is -2.50. The third kappa shape index (κ3) is 1.64. The molecule has 0 heteroatoms. The van der Waals surface area contributed by atoms with Crippen molar-refractivity contribution in [1.29, 1.82) is 0 Å². The largest absolute Gasteiger partial charge is 0.0880 e. The van der Waals surface area contributed by atoms with E-state index in [1.807, 2.05) is 0 Å². The SMILES string of the molecule is C[C@@]12CCC[C@H]1[C@@H]1CCC3CCC=C[C@]3(C)[C@H]1CC2. The molecule has 0 spiro atoms. The summed E-state index contributed by atoms with van der Waals surface area (Å²) in [6.07, 6.45) is 18.7. The molecule has 1 unspecified atom stereocenters. The molecule has 4 aliphatic carbocycles. The average Bonchev–Trinajstić information content (AvgIpc) is 2.79. The quantitative estimate of drug-likeness (QED) is 0.497. The maximum Gasteiger partial charge on any atom is -0.00872 e. The molecule has 6 atom stereocenters. The fourth-order valence-electron chi connectivity index (χ4n) is 6.81. The van der Waals surface area contributed by atoms with E-state index in [1.165, 1.54) is 44.9 Å². The van der Waals surface area contributed by atoms with Gasteiger partial charge in [0.05, 0.1) is 0 Å². The van der Waals surface area contributed by atoms with Crippen molar-refractivity contribution in [2.75, 3.05) is 0 Å². The van der Waals surface area contributed by atoms with Crippen LogP contribution in [0.3, 0.4) is 0 Å². The molecule has 4 aliphatic rings. The summed E-state index contributed by atoms with van der Waals surface area (Å²) in [7, 11) is 0. The van der Waals surface area contributed by atoms with Gasteiger partial charge in [-0.2, -0.15) is 0 Å². The highest BCUT2D eigenvalue weighted by molar-refractivity contribution is 5.14. The van der Waals surface area contributed by atoms with Crippen LogP contribution in [0.4, 0.5) is 0 Å². The average molecular weight is 258 g/mol. The van der Waals surface area contributed by atoms with Crippen LogP contribution in [0, 0.1) is 34.5 Å². The van der Waals surface area contributed by atoms with Crippen LogP contribution in [0.15, 0.2) is 12.2 Å². The monoisotopic (exact) mass is 258 g/mol. The Kier molecular flexibility index (Phi) is 2.71. The lowest BCUT2D eigenvalue weighted by atomic mass is 9.46. The van der Waals surface area contributed by atoms with E-state index in [9.17, 15) is 0 Å². The lowest BCUT2D eigenvalue weighted by Gasteiger charge is -2.58. The summed E-state index contributed by atoms with van der Waals surface area (Å²) in [6, 6.07) is 0. The third-order valence-corrected chi connectivity index (χ3v) is 7.90. The van der Waals surface area contributed by atoms with E-state index < -0.39 is 0 Å². The van der Waals surface area contributed by atoms with E-state index in [1.54, 1.807) is 12.8 Å². The highest BCUT2D eigenvalue weighted by Crippen LogP contribution is 2.65. The van der Waals surface area contributed by atoms with Crippen LogP contribution in [0.25, 0.3) is 0 Å². The van der Waals surface area contributed by atoms with Crippen molar-refractivity contribution in [1.82, 2.24) is 0 Å². The minimum atomic E-state index is 0.561. The third-order valence-electron chi connectivity index (χ3n) is 7.90. The molecule has 0 bridgehead atoms. The van der Waals surface area contributed by atoms with Gasteiger partial charge in [0, 0.05) is 0 Å². The first-order chi connectivity index (χ1) is 9.13. The first-order valence-electron chi connectivity index (χ1n) is 8.81. The molecule has 3 fully saturated rings. The van der Waals surface area contributed by atoms with E-state index in [2.05, 4.69) is 26.0 Å². The molecule has 3 saturated carbocycles. The van der Waals surface area contributed by atoms with Crippen molar-refractivity contribution in [3.63, 3.8) is 0 Å². The molecule has 0 N–H and O–H groups in total. The van der Waals surface area contributed by atoms with E-state index in [0.717, 1.165) is 29.1 Å². The Morgan fingerprint density at radius 1 is 0.895 bits per heavy atom. The van der Waals surface area contributed by atoms with Crippen molar-refractivity contribution >= 4 is 0 Å². The number of rotatable bonds is 0. The van der Waals surface area contributed by atoms with Gasteiger partial charge in [0.15, 0.2) is 0 Å². The van der Waals surface area contributed by atoms with Gasteiger partial charge >= 0.3 is 0 Å². The Balaban J connectivity index is 1.68. The minimum absolute atomic E-state index is 0.561. The van der Waals surface area contributed by atoms with Crippen molar-refractivity contribution < 1.29 is 0 Å². The molecular weight excluding hydrogens is 228 g/mol. The topological polar surface area (TPSA) is 0 Å². The standard InChI is InChI=1S/C19H30/c1-18-11-5-7-16(18)15-9-8-14-6-3-4-12-19(14,2)17(15)10-13-18/h4,12,14-17H,3,5-11,13H2,1-2H3/t14?,15-,16-,17-,18-,19-/m0/s1. The number of allylic oxidation sites excluding steroid dienone is 2. The molecule has 19 heavy (non-hydrogen) atoms. The Labute approximate surface area is 119 Å². The van der Waals surface area contributed by atoms with Crippen LogP contribution in [-0.4, -0.2) is 0 Å². The normalized spacial score (nSPS) is 56.3. The fraction of sp³-hybridized carbons (Fsp3) is 0.895. The zero-order valence-corrected chi connectivity index (χ0v) is 12.8. The zero-order chi connectivity index (χ0) is 13.1. The number of hydrogen-bond donors (Lipinski definition) is 0. The van der Waals surface area contributed by atoms with Gasteiger partial charge in [0.1, 0.15) is 0 Å². The molecule has 0 aliphatic heterocycles. The highest BCUT2D eigenvalue weighted by atomic mass is 14.6. The van der Waals surface area contributed by atoms with Gasteiger partial charge in [0.25, 0.3) is 0 Å². The van der Waals surface area contributed by atoms with Gasteiger partial charge < -0.3 is 0 Å². The molecule has 0 aromatic heterocycles. The van der Waals surface area contributed by atoms with Gasteiger partial charge in [0.2, 0.25) is 0 Å². The Morgan fingerprint density at radius 2 is 1.79 bits per heavy atom. The van der Waals surface area contributed by atoms with Gasteiger partial charge in [-0.15, -0.1) is 0 Å². The van der Waals surface area contributed by atoms with Crippen molar-refractivity contribution in [2.45, 2.75) is 71.6 Å². The maximum absolute atomic E-state index is 2.65. The summed E-state index contributed by atoms with van der Waals surface area (Å²) >= 11 is 0. The molecule has 0 aromatic rings.